The van der Waals surface area contributed by atoms with Crippen LogP contribution in [0.4, 0.5) is 0 Å². The Labute approximate surface area is 276 Å². The Bertz CT molecular complexity index is 2040. The van der Waals surface area contributed by atoms with E-state index >= 15 is 0 Å². The highest BCUT2D eigenvalue weighted by molar-refractivity contribution is 5.84. The number of fused-ring (bicyclic) bond motifs is 1. The van der Waals surface area contributed by atoms with Crippen LogP contribution in [0.3, 0.4) is 0 Å². The summed E-state index contributed by atoms with van der Waals surface area (Å²) in [6, 6.07) is 48.6. The summed E-state index contributed by atoms with van der Waals surface area (Å²) >= 11 is 0. The van der Waals surface area contributed by atoms with E-state index < -0.39 is 5.54 Å². The van der Waals surface area contributed by atoms with Gasteiger partial charge in [0.05, 0.1) is 28.9 Å². The van der Waals surface area contributed by atoms with Crippen LogP contribution in [-0.2, 0) is 12.0 Å². The first-order valence-electron chi connectivity index (χ1n) is 16.5. The highest BCUT2D eigenvalue weighted by Crippen LogP contribution is 2.42. The molecule has 0 aliphatic carbocycles. The van der Waals surface area contributed by atoms with Crippen molar-refractivity contribution in [3.8, 4) is 23.0 Å². The number of imidazole rings is 2. The fourth-order valence-corrected chi connectivity index (χ4v) is 6.85. The van der Waals surface area contributed by atoms with Crippen LogP contribution in [0.25, 0.3) is 28.0 Å². The molecular weight excluding hydrogens is 574 g/mol. The van der Waals surface area contributed by atoms with Crippen molar-refractivity contribution in [1.29, 1.82) is 5.26 Å². The van der Waals surface area contributed by atoms with Crippen LogP contribution >= 0.6 is 0 Å². The Balaban J connectivity index is 1.44. The lowest BCUT2D eigenvalue weighted by Crippen LogP contribution is -2.38. The highest BCUT2D eigenvalue weighted by atomic mass is 15.2. The first kappa shape index (κ1) is 30.0. The Morgan fingerprint density at radius 3 is 1.94 bits per heavy atom. The van der Waals surface area contributed by atoms with Crippen molar-refractivity contribution in [1.82, 2.24) is 19.1 Å². The molecule has 2 aromatic heterocycles. The average Bonchev–Trinajstić information content (AvgIpc) is 3.76. The zero-order valence-corrected chi connectivity index (χ0v) is 26.6. The van der Waals surface area contributed by atoms with E-state index in [0.29, 0.717) is 5.56 Å². The number of nitriles is 1. The van der Waals surface area contributed by atoms with Crippen LogP contribution < -0.4 is 0 Å². The minimum atomic E-state index is -0.653. The first-order chi connectivity index (χ1) is 23.2. The van der Waals surface area contributed by atoms with Crippen LogP contribution in [0, 0.1) is 11.3 Å². The molecule has 5 heteroatoms. The number of unbranched alkanes of at least 4 members (excludes halogenated alkanes) is 3. The van der Waals surface area contributed by atoms with Crippen molar-refractivity contribution in [2.24, 2.45) is 0 Å². The number of benzene rings is 5. The molecule has 0 spiro atoms. The number of aryl methyl sites for hydroxylation is 1. The molecule has 0 atom stereocenters. The Morgan fingerprint density at radius 1 is 0.702 bits per heavy atom. The summed E-state index contributed by atoms with van der Waals surface area (Å²) in [5.74, 6) is 1.87. The summed E-state index contributed by atoms with van der Waals surface area (Å²) in [5.41, 5.74) is 7.22. The van der Waals surface area contributed by atoms with Crippen molar-refractivity contribution in [2.75, 3.05) is 0 Å². The van der Waals surface area contributed by atoms with Gasteiger partial charge in [-0.15, -0.1) is 0 Å². The lowest BCUT2D eigenvalue weighted by Gasteiger charge is -2.38. The molecular formula is C42H37N5. The predicted octanol–water partition coefficient (Wildman–Crippen LogP) is 9.72. The number of rotatable bonds is 11. The van der Waals surface area contributed by atoms with E-state index in [2.05, 4.69) is 138 Å². The molecule has 0 N–H and O–H groups in total. The molecule has 0 fully saturated rings. The van der Waals surface area contributed by atoms with E-state index in [1.807, 2.05) is 30.6 Å². The van der Waals surface area contributed by atoms with Gasteiger partial charge in [-0.05, 0) is 52.4 Å². The van der Waals surface area contributed by atoms with Gasteiger partial charge in [-0.1, -0.05) is 141 Å². The smallest absolute Gasteiger partial charge is 0.156 e. The summed E-state index contributed by atoms with van der Waals surface area (Å²) in [4.78, 5) is 10.2. The predicted molar refractivity (Wildman–Crippen MR) is 189 cm³/mol. The van der Waals surface area contributed by atoms with Gasteiger partial charge in [0.2, 0.25) is 0 Å². The van der Waals surface area contributed by atoms with Gasteiger partial charge in [0, 0.05) is 6.42 Å². The molecule has 0 aliphatic rings. The van der Waals surface area contributed by atoms with Gasteiger partial charge in [-0.2, -0.15) is 5.26 Å². The topological polar surface area (TPSA) is 59.4 Å². The highest BCUT2D eigenvalue weighted by Gasteiger charge is 2.40. The summed E-state index contributed by atoms with van der Waals surface area (Å²) in [5, 5.41) is 9.70. The van der Waals surface area contributed by atoms with E-state index in [4.69, 9.17) is 9.97 Å². The Morgan fingerprint density at radius 2 is 1.32 bits per heavy atom. The van der Waals surface area contributed by atoms with Crippen LogP contribution in [0.2, 0.25) is 0 Å². The van der Waals surface area contributed by atoms with Crippen molar-refractivity contribution in [3.05, 3.63) is 174 Å². The van der Waals surface area contributed by atoms with Crippen LogP contribution in [0.5, 0.6) is 0 Å². The zero-order valence-electron chi connectivity index (χ0n) is 26.6. The van der Waals surface area contributed by atoms with Gasteiger partial charge >= 0.3 is 0 Å². The third-order valence-corrected chi connectivity index (χ3v) is 9.11. The van der Waals surface area contributed by atoms with Gasteiger partial charge in [0.25, 0.3) is 0 Å². The third-order valence-electron chi connectivity index (χ3n) is 9.11. The molecule has 47 heavy (non-hydrogen) atoms. The normalized spacial score (nSPS) is 11.5. The van der Waals surface area contributed by atoms with E-state index in [9.17, 15) is 5.26 Å². The summed E-state index contributed by atoms with van der Waals surface area (Å²) in [6.45, 7) is 2.25. The van der Waals surface area contributed by atoms with Crippen LogP contribution in [0.1, 0.15) is 60.7 Å². The molecule has 5 nitrogen and oxygen atoms in total. The monoisotopic (exact) mass is 611 g/mol. The van der Waals surface area contributed by atoms with Gasteiger partial charge in [0.1, 0.15) is 17.7 Å². The second-order valence-corrected chi connectivity index (χ2v) is 12.0. The molecule has 7 rings (SSSR count). The lowest BCUT2D eigenvalue weighted by molar-refractivity contribution is 0.485. The molecule has 0 bridgehead atoms. The maximum Gasteiger partial charge on any atom is 0.156 e. The van der Waals surface area contributed by atoms with E-state index in [1.54, 1.807) is 0 Å². The van der Waals surface area contributed by atoms with Gasteiger partial charge < -0.3 is 4.57 Å². The summed E-state index contributed by atoms with van der Waals surface area (Å²) < 4.78 is 4.50. The number of hydrogen-bond acceptors (Lipinski definition) is 3. The standard InChI is InChI=1S/C42H37N5/c1-2-3-4-14-25-40-45-41(46-31-44-38-28-32(26-27-39(38)46)37-24-16-15-17-33(37)29-43)30-47(40)42(34-18-8-5-9-19-34,35-20-10-6-11-21-35)36-22-12-7-13-23-36/h5-13,15-24,26-28,30-31H,2-4,14,25H2,1H3. The Hall–Kier alpha value is -5.73. The quantitative estimate of drug-likeness (QED) is 0.108. The summed E-state index contributed by atoms with van der Waals surface area (Å²) in [7, 11) is 0. The fourth-order valence-electron chi connectivity index (χ4n) is 6.85. The molecule has 0 saturated heterocycles. The maximum absolute atomic E-state index is 9.70. The second kappa shape index (κ2) is 13.3. The minimum absolute atomic E-state index is 0.650. The fraction of sp³-hybridized carbons (Fsp3) is 0.167. The molecule has 0 aliphatic heterocycles. The Kier molecular flexibility index (Phi) is 8.49. The van der Waals surface area contributed by atoms with Gasteiger partial charge in [-0.25, -0.2) is 9.97 Å². The third kappa shape index (κ3) is 5.53. The molecule has 230 valence electrons. The molecule has 5 aromatic carbocycles. The van der Waals surface area contributed by atoms with E-state index in [1.165, 1.54) is 29.5 Å². The van der Waals surface area contributed by atoms with Crippen molar-refractivity contribution >= 4 is 11.0 Å². The lowest BCUT2D eigenvalue weighted by atomic mass is 9.76. The van der Waals surface area contributed by atoms with Crippen molar-refractivity contribution in [2.45, 2.75) is 44.6 Å². The van der Waals surface area contributed by atoms with Crippen molar-refractivity contribution in [3.63, 3.8) is 0 Å². The number of aromatic nitrogens is 4. The van der Waals surface area contributed by atoms with Crippen LogP contribution in [0.15, 0.2) is 146 Å². The number of hydrogen-bond donors (Lipinski definition) is 0. The SMILES string of the molecule is CCCCCCc1nc(-n2cnc3cc(-c4ccccc4C#N)ccc32)cn1C(c1ccccc1)(c1ccccc1)c1ccccc1. The zero-order chi connectivity index (χ0) is 32.1. The molecule has 0 unspecified atom stereocenters. The minimum Gasteiger partial charge on any atom is -0.314 e. The van der Waals surface area contributed by atoms with Crippen LogP contribution in [-0.4, -0.2) is 19.1 Å². The van der Waals surface area contributed by atoms with Gasteiger partial charge in [0.15, 0.2) is 5.82 Å². The average molecular weight is 612 g/mol. The maximum atomic E-state index is 9.70. The van der Waals surface area contributed by atoms with E-state index in [-0.39, 0.29) is 0 Å². The molecule has 0 radical (unpaired) electrons. The van der Waals surface area contributed by atoms with Crippen molar-refractivity contribution < 1.29 is 0 Å². The summed E-state index contributed by atoms with van der Waals surface area (Å²) in [6.07, 6.45) is 9.55. The largest absolute Gasteiger partial charge is 0.314 e. The first-order valence-corrected chi connectivity index (χ1v) is 16.5. The molecule has 0 amide bonds. The molecule has 0 saturated carbocycles. The second-order valence-electron chi connectivity index (χ2n) is 12.0. The van der Waals surface area contributed by atoms with Gasteiger partial charge in [-0.3, -0.25) is 4.57 Å². The molecule has 7 aromatic rings. The van der Waals surface area contributed by atoms with E-state index in [0.717, 1.165) is 53.1 Å². The molecule has 2 heterocycles. The number of nitrogens with zero attached hydrogens (tertiary/aromatic N) is 5.